The number of hydrogen-bond donors (Lipinski definition) is 0. The molecule has 0 heterocycles. The molecule has 2 heteroatoms. The van der Waals surface area contributed by atoms with Gasteiger partial charge in [-0.3, -0.25) is 4.79 Å². The molecule has 3 aromatic carbocycles. The van der Waals surface area contributed by atoms with Crippen molar-refractivity contribution in [3.8, 4) is 0 Å². The van der Waals surface area contributed by atoms with E-state index in [1.807, 2.05) is 0 Å². The van der Waals surface area contributed by atoms with Gasteiger partial charge in [0.2, 0.25) is 0 Å². The second-order valence-electron chi connectivity index (χ2n) is 7.74. The van der Waals surface area contributed by atoms with E-state index < -0.39 is 5.60 Å². The molecule has 134 valence electrons. The number of carbonyl (C=O) groups is 1. The normalized spacial score (nSPS) is 24.4. The first-order chi connectivity index (χ1) is 13.1. The highest BCUT2D eigenvalue weighted by Gasteiger charge is 2.54. The lowest BCUT2D eigenvalue weighted by Crippen LogP contribution is -2.41. The topological polar surface area (TPSA) is 26.3 Å². The SMILES string of the molecule is CC(=O)O[C@@]12c3ccccc3[C@@H](c3ccccc3[C@H]1C)c1cccc(C)c12. The Hall–Kier alpha value is -2.87. The molecule has 0 radical (unpaired) electrons. The molecule has 2 bridgehead atoms. The molecule has 0 amide bonds. The summed E-state index contributed by atoms with van der Waals surface area (Å²) in [6.07, 6.45) is 0. The van der Waals surface area contributed by atoms with Gasteiger partial charge in [-0.1, -0.05) is 73.7 Å². The molecule has 27 heavy (non-hydrogen) atoms. The van der Waals surface area contributed by atoms with Crippen LogP contribution in [0.5, 0.6) is 0 Å². The van der Waals surface area contributed by atoms with E-state index in [9.17, 15) is 4.79 Å². The quantitative estimate of drug-likeness (QED) is 0.546. The summed E-state index contributed by atoms with van der Waals surface area (Å²) in [6, 6.07) is 23.6. The predicted molar refractivity (Wildman–Crippen MR) is 106 cm³/mol. The van der Waals surface area contributed by atoms with E-state index in [1.54, 1.807) is 0 Å². The van der Waals surface area contributed by atoms with E-state index in [-0.39, 0.29) is 17.8 Å². The van der Waals surface area contributed by atoms with Crippen LogP contribution >= 0.6 is 0 Å². The predicted octanol–water partition coefficient (Wildman–Crippen LogP) is 5.41. The molecule has 0 fully saturated rings. The average Bonchev–Trinajstić information content (AvgIpc) is 2.81. The Bertz CT molecular complexity index is 1080. The smallest absolute Gasteiger partial charge is 0.303 e. The number of ether oxygens (including phenoxy) is 1. The van der Waals surface area contributed by atoms with Gasteiger partial charge in [0.1, 0.15) is 0 Å². The van der Waals surface area contributed by atoms with Crippen LogP contribution in [0.2, 0.25) is 0 Å². The number of aryl methyl sites for hydroxylation is 1. The van der Waals surface area contributed by atoms with Crippen LogP contribution in [-0.2, 0) is 15.1 Å². The highest BCUT2D eigenvalue weighted by atomic mass is 16.6. The molecular formula is C25H22O2. The number of hydrogen-bond acceptors (Lipinski definition) is 2. The molecule has 0 saturated carbocycles. The van der Waals surface area contributed by atoms with E-state index in [2.05, 4.69) is 80.6 Å². The van der Waals surface area contributed by atoms with E-state index >= 15 is 0 Å². The Morgan fingerprint density at radius 3 is 2.22 bits per heavy atom. The van der Waals surface area contributed by atoms with Gasteiger partial charge < -0.3 is 4.74 Å². The summed E-state index contributed by atoms with van der Waals surface area (Å²) in [4.78, 5) is 12.4. The molecule has 3 aromatic rings. The van der Waals surface area contributed by atoms with Gasteiger partial charge >= 0.3 is 5.97 Å². The van der Waals surface area contributed by atoms with Crippen molar-refractivity contribution in [1.29, 1.82) is 0 Å². The zero-order valence-electron chi connectivity index (χ0n) is 15.8. The Morgan fingerprint density at radius 1 is 0.852 bits per heavy atom. The molecule has 0 spiro atoms. The summed E-state index contributed by atoms with van der Waals surface area (Å²) in [6.45, 7) is 5.85. The first-order valence-electron chi connectivity index (χ1n) is 9.53. The highest BCUT2D eigenvalue weighted by molar-refractivity contribution is 5.72. The van der Waals surface area contributed by atoms with Crippen LogP contribution in [0.1, 0.15) is 64.6 Å². The van der Waals surface area contributed by atoms with Crippen molar-refractivity contribution in [2.75, 3.05) is 0 Å². The summed E-state index contributed by atoms with van der Waals surface area (Å²) in [5.74, 6) is -0.0595. The third-order valence-electron chi connectivity index (χ3n) is 6.35. The standard InChI is InChI=1S/C25H22O2/c1-15-9-8-13-21-23-19-11-5-4-10-18(19)16(2)25(24(15)21,27-17(3)26)22-14-7-6-12-20(22)23/h4-14,16,23H,1-3H3/t16-,23-,25-/m1/s1. The van der Waals surface area contributed by atoms with Crippen LogP contribution in [0.3, 0.4) is 0 Å². The summed E-state index contributed by atoms with van der Waals surface area (Å²) >= 11 is 0. The van der Waals surface area contributed by atoms with Gasteiger partial charge in [-0.15, -0.1) is 0 Å². The molecular weight excluding hydrogens is 332 g/mol. The average molecular weight is 354 g/mol. The van der Waals surface area contributed by atoms with Crippen LogP contribution in [0, 0.1) is 6.92 Å². The molecule has 2 nitrogen and oxygen atoms in total. The van der Waals surface area contributed by atoms with Crippen molar-refractivity contribution in [3.05, 3.63) is 106 Å². The van der Waals surface area contributed by atoms with Crippen molar-refractivity contribution in [1.82, 2.24) is 0 Å². The molecule has 0 N–H and O–H groups in total. The summed E-state index contributed by atoms with van der Waals surface area (Å²) in [7, 11) is 0. The third-order valence-corrected chi connectivity index (χ3v) is 6.35. The second-order valence-corrected chi connectivity index (χ2v) is 7.74. The highest BCUT2D eigenvalue weighted by Crippen LogP contribution is 2.60. The maximum absolute atomic E-state index is 12.4. The lowest BCUT2D eigenvalue weighted by atomic mass is 9.66. The molecule has 3 atom stereocenters. The minimum Gasteiger partial charge on any atom is -0.449 e. The number of esters is 1. The summed E-state index contributed by atoms with van der Waals surface area (Å²) in [5, 5.41) is 0. The summed E-state index contributed by atoms with van der Waals surface area (Å²) < 4.78 is 6.31. The lowest BCUT2D eigenvalue weighted by molar-refractivity contribution is -0.156. The number of carbonyl (C=O) groups excluding carboxylic acids is 1. The largest absolute Gasteiger partial charge is 0.449 e. The minimum absolute atomic E-state index is 0.0195. The fourth-order valence-electron chi connectivity index (χ4n) is 5.42. The van der Waals surface area contributed by atoms with Gasteiger partial charge in [0.05, 0.1) is 0 Å². The zero-order chi connectivity index (χ0) is 18.8. The molecule has 3 aliphatic carbocycles. The van der Waals surface area contributed by atoms with Crippen LogP contribution in [0.4, 0.5) is 0 Å². The van der Waals surface area contributed by atoms with E-state index in [0.29, 0.717) is 0 Å². The monoisotopic (exact) mass is 354 g/mol. The Morgan fingerprint density at radius 2 is 1.48 bits per heavy atom. The van der Waals surface area contributed by atoms with Gasteiger partial charge in [-0.2, -0.15) is 0 Å². The number of benzene rings is 3. The summed E-state index contributed by atoms with van der Waals surface area (Å²) in [5.41, 5.74) is 7.73. The first-order valence-corrected chi connectivity index (χ1v) is 9.53. The van der Waals surface area contributed by atoms with Gasteiger partial charge in [0, 0.05) is 29.9 Å². The van der Waals surface area contributed by atoms with Crippen LogP contribution in [0.25, 0.3) is 0 Å². The van der Waals surface area contributed by atoms with Crippen molar-refractivity contribution in [2.24, 2.45) is 0 Å². The van der Waals surface area contributed by atoms with Crippen molar-refractivity contribution < 1.29 is 9.53 Å². The van der Waals surface area contributed by atoms with E-state index in [1.165, 1.54) is 34.7 Å². The van der Waals surface area contributed by atoms with Gasteiger partial charge in [0.15, 0.2) is 5.60 Å². The minimum atomic E-state index is -0.799. The maximum Gasteiger partial charge on any atom is 0.303 e. The molecule has 0 saturated heterocycles. The van der Waals surface area contributed by atoms with Crippen LogP contribution < -0.4 is 0 Å². The van der Waals surface area contributed by atoms with Crippen molar-refractivity contribution in [3.63, 3.8) is 0 Å². The van der Waals surface area contributed by atoms with Gasteiger partial charge in [-0.05, 0) is 34.7 Å². The number of rotatable bonds is 1. The van der Waals surface area contributed by atoms with Gasteiger partial charge in [-0.25, -0.2) is 0 Å². The molecule has 6 rings (SSSR count). The second kappa shape index (κ2) is 5.56. The fourth-order valence-corrected chi connectivity index (χ4v) is 5.42. The maximum atomic E-state index is 12.4. The molecule has 0 unspecified atom stereocenters. The van der Waals surface area contributed by atoms with Crippen molar-refractivity contribution in [2.45, 2.75) is 38.2 Å². The van der Waals surface area contributed by atoms with Crippen LogP contribution in [-0.4, -0.2) is 5.97 Å². The molecule has 0 aromatic heterocycles. The first kappa shape index (κ1) is 16.3. The zero-order valence-corrected chi connectivity index (χ0v) is 15.8. The fraction of sp³-hybridized carbons (Fsp3) is 0.240. The Labute approximate surface area is 159 Å². The van der Waals surface area contributed by atoms with Crippen molar-refractivity contribution >= 4 is 5.97 Å². The molecule has 0 aliphatic heterocycles. The molecule has 3 aliphatic rings. The van der Waals surface area contributed by atoms with E-state index in [4.69, 9.17) is 4.74 Å². The Balaban J connectivity index is 2.01. The van der Waals surface area contributed by atoms with Crippen LogP contribution in [0.15, 0.2) is 66.7 Å². The van der Waals surface area contributed by atoms with E-state index in [0.717, 1.165) is 11.1 Å². The third kappa shape index (κ3) is 1.98. The lowest BCUT2D eigenvalue weighted by Gasteiger charge is -2.44. The van der Waals surface area contributed by atoms with Gasteiger partial charge in [0.25, 0.3) is 0 Å². The Kier molecular flexibility index (Phi) is 3.36.